The third-order valence-electron chi connectivity index (χ3n) is 3.96. The Morgan fingerprint density at radius 1 is 1.25 bits per heavy atom. The van der Waals surface area contributed by atoms with Crippen LogP contribution in [-0.4, -0.2) is 38.7 Å². The van der Waals surface area contributed by atoms with Gasteiger partial charge in [0.2, 0.25) is 15.9 Å². The first kappa shape index (κ1) is 21.2. The highest BCUT2D eigenvalue weighted by molar-refractivity contribution is 7.92. The van der Waals surface area contributed by atoms with Gasteiger partial charge in [-0.15, -0.1) is 0 Å². The van der Waals surface area contributed by atoms with E-state index in [-0.39, 0.29) is 23.5 Å². The van der Waals surface area contributed by atoms with Crippen molar-refractivity contribution in [3.05, 3.63) is 58.6 Å². The summed E-state index contributed by atoms with van der Waals surface area (Å²) in [6, 6.07) is 10.7. The van der Waals surface area contributed by atoms with Gasteiger partial charge in [0.05, 0.1) is 24.0 Å². The lowest BCUT2D eigenvalue weighted by Gasteiger charge is -2.30. The molecule has 150 valence electrons. The molecule has 0 saturated carbocycles. The number of carbonyl (C=O) groups excluding carboxylic acids is 1. The molecule has 0 aromatic heterocycles. The van der Waals surface area contributed by atoms with Crippen LogP contribution in [0.2, 0.25) is 0 Å². The van der Waals surface area contributed by atoms with Gasteiger partial charge in [-0.3, -0.25) is 19.2 Å². The van der Waals surface area contributed by atoms with Gasteiger partial charge in [0.15, 0.2) is 0 Å². The molecule has 0 aliphatic heterocycles. The van der Waals surface area contributed by atoms with Gasteiger partial charge in [0.1, 0.15) is 11.8 Å². The largest absolute Gasteiger partial charge is 0.497 e. The molecule has 0 spiro atoms. The number of nitro benzene ring substituents is 1. The van der Waals surface area contributed by atoms with Gasteiger partial charge >= 0.3 is 0 Å². The molecule has 9 nitrogen and oxygen atoms in total. The number of nitrogens with zero attached hydrogens (tertiary/aromatic N) is 2. The van der Waals surface area contributed by atoms with Crippen molar-refractivity contribution in [1.82, 2.24) is 0 Å². The fraction of sp³-hybridized carbons (Fsp3) is 0.278. The highest BCUT2D eigenvalue weighted by Crippen LogP contribution is 2.27. The Morgan fingerprint density at radius 3 is 2.50 bits per heavy atom. The van der Waals surface area contributed by atoms with Crippen molar-refractivity contribution in [2.75, 3.05) is 23.0 Å². The van der Waals surface area contributed by atoms with Crippen LogP contribution in [0.4, 0.5) is 17.1 Å². The van der Waals surface area contributed by atoms with E-state index in [1.54, 1.807) is 25.1 Å². The van der Waals surface area contributed by atoms with E-state index in [2.05, 4.69) is 5.32 Å². The second kappa shape index (κ2) is 8.70. The number of carbonyl (C=O) groups is 1. The third-order valence-corrected chi connectivity index (χ3v) is 5.14. The van der Waals surface area contributed by atoms with Gasteiger partial charge in [-0.25, -0.2) is 8.42 Å². The van der Waals surface area contributed by atoms with Gasteiger partial charge < -0.3 is 10.1 Å². The number of benzene rings is 2. The molecule has 1 amide bonds. The van der Waals surface area contributed by atoms with Crippen molar-refractivity contribution in [2.24, 2.45) is 0 Å². The molecule has 0 saturated heterocycles. The standard InChI is InChI=1S/C18H21N3O6S/c1-4-17(18(22)19-13-7-5-9-15(11-13)21(23)24)20(28(3,25)26)14-8-6-10-16(12-14)27-2/h5-12,17H,4H2,1-3H3,(H,19,22). The van der Waals surface area contributed by atoms with Crippen molar-refractivity contribution in [2.45, 2.75) is 19.4 Å². The van der Waals surface area contributed by atoms with E-state index in [1.165, 1.54) is 37.4 Å². The van der Waals surface area contributed by atoms with Crippen molar-refractivity contribution in [3.8, 4) is 5.75 Å². The molecular weight excluding hydrogens is 386 g/mol. The first-order chi connectivity index (χ1) is 13.2. The molecule has 0 fully saturated rings. The van der Waals surface area contributed by atoms with Gasteiger partial charge in [-0.2, -0.15) is 0 Å². The zero-order valence-corrected chi connectivity index (χ0v) is 16.5. The van der Waals surface area contributed by atoms with Crippen molar-refractivity contribution >= 4 is 33.0 Å². The van der Waals surface area contributed by atoms with Crippen LogP contribution >= 0.6 is 0 Å². The lowest BCUT2D eigenvalue weighted by molar-refractivity contribution is -0.384. The maximum absolute atomic E-state index is 12.8. The highest BCUT2D eigenvalue weighted by atomic mass is 32.2. The van der Waals surface area contributed by atoms with Crippen LogP contribution in [-0.2, 0) is 14.8 Å². The molecule has 1 unspecified atom stereocenters. The Morgan fingerprint density at radius 2 is 1.93 bits per heavy atom. The van der Waals surface area contributed by atoms with E-state index >= 15 is 0 Å². The number of nitrogens with one attached hydrogen (secondary N) is 1. The number of sulfonamides is 1. The first-order valence-corrected chi connectivity index (χ1v) is 10.2. The third kappa shape index (κ3) is 4.97. The summed E-state index contributed by atoms with van der Waals surface area (Å²) in [7, 11) is -2.35. The number of amides is 1. The Balaban J connectivity index is 2.39. The molecule has 0 radical (unpaired) electrons. The summed E-state index contributed by atoms with van der Waals surface area (Å²) in [5.74, 6) is -0.156. The van der Waals surface area contributed by atoms with Crippen LogP contribution in [0.1, 0.15) is 13.3 Å². The lowest BCUT2D eigenvalue weighted by Crippen LogP contribution is -2.47. The summed E-state index contributed by atoms with van der Waals surface area (Å²) in [6.07, 6.45) is 1.20. The van der Waals surface area contributed by atoms with Crippen molar-refractivity contribution in [3.63, 3.8) is 0 Å². The number of ether oxygens (including phenoxy) is 1. The van der Waals surface area contributed by atoms with Crippen molar-refractivity contribution < 1.29 is 22.9 Å². The highest BCUT2D eigenvalue weighted by Gasteiger charge is 2.32. The second-order valence-electron chi connectivity index (χ2n) is 5.98. The van der Waals surface area contributed by atoms with Gasteiger partial charge in [0.25, 0.3) is 5.69 Å². The van der Waals surface area contributed by atoms with Crippen LogP contribution in [0.3, 0.4) is 0 Å². The van der Waals surface area contributed by atoms with Gasteiger partial charge in [0, 0.05) is 23.9 Å². The van der Waals surface area contributed by atoms with Crippen LogP contribution < -0.4 is 14.4 Å². The predicted molar refractivity (Wildman–Crippen MR) is 106 cm³/mol. The molecule has 0 aliphatic carbocycles. The SMILES string of the molecule is CCC(C(=O)Nc1cccc([N+](=O)[O-])c1)N(c1cccc(OC)c1)S(C)(=O)=O. The minimum absolute atomic E-state index is 0.182. The minimum Gasteiger partial charge on any atom is -0.497 e. The molecule has 0 bridgehead atoms. The monoisotopic (exact) mass is 407 g/mol. The van der Waals surface area contributed by atoms with Crippen LogP contribution in [0.5, 0.6) is 5.75 Å². The number of rotatable bonds is 8. The number of non-ortho nitro benzene ring substituents is 1. The summed E-state index contributed by atoms with van der Waals surface area (Å²) < 4.78 is 31.0. The predicted octanol–water partition coefficient (Wildman–Crippen LogP) is 2.79. The fourth-order valence-corrected chi connectivity index (χ4v) is 3.93. The van der Waals surface area contributed by atoms with Crippen LogP contribution in [0.25, 0.3) is 0 Å². The minimum atomic E-state index is -3.80. The number of hydrogen-bond donors (Lipinski definition) is 1. The van der Waals surface area contributed by atoms with Crippen molar-refractivity contribution in [1.29, 1.82) is 0 Å². The number of nitro groups is 1. The number of anilines is 2. The lowest BCUT2D eigenvalue weighted by atomic mass is 10.1. The molecule has 2 aromatic rings. The summed E-state index contributed by atoms with van der Waals surface area (Å²) in [5.41, 5.74) is 0.304. The van der Waals surface area contributed by atoms with E-state index in [9.17, 15) is 23.3 Å². The van der Waals surface area contributed by atoms with E-state index in [1.807, 2.05) is 0 Å². The summed E-state index contributed by atoms with van der Waals surface area (Å²) >= 11 is 0. The Labute approximate surface area is 163 Å². The summed E-state index contributed by atoms with van der Waals surface area (Å²) in [6.45, 7) is 1.68. The smallest absolute Gasteiger partial charge is 0.271 e. The van der Waals surface area contributed by atoms with E-state index in [4.69, 9.17) is 4.74 Å². The second-order valence-corrected chi connectivity index (χ2v) is 7.84. The molecule has 2 rings (SSSR count). The Kier molecular flexibility index (Phi) is 6.57. The summed E-state index contributed by atoms with van der Waals surface area (Å²) in [4.78, 5) is 23.2. The van der Waals surface area contributed by atoms with Gasteiger partial charge in [-0.05, 0) is 24.6 Å². The number of hydrogen-bond acceptors (Lipinski definition) is 6. The zero-order valence-electron chi connectivity index (χ0n) is 15.7. The van der Waals surface area contributed by atoms with E-state index in [0.29, 0.717) is 5.75 Å². The topological polar surface area (TPSA) is 119 Å². The average Bonchev–Trinajstić information content (AvgIpc) is 2.65. The maximum atomic E-state index is 12.8. The van der Waals surface area contributed by atoms with Crippen LogP contribution in [0, 0.1) is 10.1 Å². The molecule has 10 heteroatoms. The number of methoxy groups -OCH3 is 1. The fourth-order valence-electron chi connectivity index (χ4n) is 2.73. The Bertz CT molecular complexity index is 977. The molecule has 0 heterocycles. The quantitative estimate of drug-likeness (QED) is 0.531. The molecule has 1 atom stereocenters. The maximum Gasteiger partial charge on any atom is 0.271 e. The molecular formula is C18H21N3O6S. The van der Waals surface area contributed by atoms with E-state index < -0.39 is 26.9 Å². The molecule has 2 aromatic carbocycles. The normalized spacial score (nSPS) is 12.1. The molecule has 0 aliphatic rings. The first-order valence-electron chi connectivity index (χ1n) is 8.36. The average molecular weight is 407 g/mol. The molecule has 1 N–H and O–H groups in total. The van der Waals surface area contributed by atoms with E-state index in [0.717, 1.165) is 10.6 Å². The van der Waals surface area contributed by atoms with Crippen LogP contribution in [0.15, 0.2) is 48.5 Å². The summed E-state index contributed by atoms with van der Waals surface area (Å²) in [5, 5.41) is 13.5. The molecule has 28 heavy (non-hydrogen) atoms. The zero-order chi connectivity index (χ0) is 20.9. The van der Waals surface area contributed by atoms with Gasteiger partial charge in [-0.1, -0.05) is 19.1 Å². The Hall–Kier alpha value is -3.14.